The maximum absolute atomic E-state index is 10.9. The molecule has 0 atom stereocenters. The molecular formula is C10H10N3O2S. The summed E-state index contributed by atoms with van der Waals surface area (Å²) in [6.07, 6.45) is -0.546. The van der Waals surface area contributed by atoms with E-state index >= 15 is 0 Å². The van der Waals surface area contributed by atoms with E-state index in [1.165, 1.54) is 24.0 Å². The van der Waals surface area contributed by atoms with Gasteiger partial charge in [0.25, 0.3) is 0 Å². The number of amides is 1. The number of ether oxygens (including phenoxy) is 1. The SMILES string of the molecule is COC(=O)NN1[CH]SC(c2ccccc2)=N1. The lowest BCUT2D eigenvalue weighted by molar-refractivity contribution is 0.142. The minimum absolute atomic E-state index is 0.546. The van der Waals surface area contributed by atoms with Crippen molar-refractivity contribution in [1.82, 2.24) is 10.5 Å². The fourth-order valence-corrected chi connectivity index (χ4v) is 1.85. The Morgan fingerprint density at radius 3 is 2.88 bits per heavy atom. The van der Waals surface area contributed by atoms with E-state index in [1.807, 2.05) is 30.3 Å². The molecule has 0 unspecified atom stereocenters. The molecule has 0 saturated heterocycles. The molecule has 0 fully saturated rings. The molecule has 83 valence electrons. The van der Waals surface area contributed by atoms with Crippen molar-refractivity contribution in [2.24, 2.45) is 5.10 Å². The first kappa shape index (κ1) is 10.8. The highest BCUT2D eigenvalue weighted by Gasteiger charge is 2.18. The van der Waals surface area contributed by atoms with Crippen molar-refractivity contribution in [2.75, 3.05) is 7.11 Å². The Hall–Kier alpha value is -1.69. The molecule has 0 bridgehead atoms. The van der Waals surface area contributed by atoms with Crippen molar-refractivity contribution in [3.63, 3.8) is 0 Å². The maximum atomic E-state index is 10.9. The summed E-state index contributed by atoms with van der Waals surface area (Å²) in [6.45, 7) is 0. The Bertz CT molecular complexity index is 408. The van der Waals surface area contributed by atoms with E-state index in [4.69, 9.17) is 0 Å². The van der Waals surface area contributed by atoms with E-state index in [-0.39, 0.29) is 0 Å². The zero-order valence-electron chi connectivity index (χ0n) is 8.58. The predicted molar refractivity (Wildman–Crippen MR) is 62.2 cm³/mol. The quantitative estimate of drug-likeness (QED) is 0.850. The van der Waals surface area contributed by atoms with Crippen LogP contribution in [0.1, 0.15) is 5.56 Å². The largest absolute Gasteiger partial charge is 0.452 e. The van der Waals surface area contributed by atoms with Gasteiger partial charge in [-0.25, -0.2) is 10.2 Å². The summed E-state index contributed by atoms with van der Waals surface area (Å²) in [5.74, 6) is 1.69. The van der Waals surface area contributed by atoms with Gasteiger partial charge < -0.3 is 4.74 Å². The van der Waals surface area contributed by atoms with Crippen molar-refractivity contribution in [1.29, 1.82) is 0 Å². The number of carbonyl (C=O) groups is 1. The molecule has 1 radical (unpaired) electrons. The van der Waals surface area contributed by atoms with Gasteiger partial charge in [-0.05, 0) is 0 Å². The third kappa shape index (κ3) is 2.46. The van der Waals surface area contributed by atoms with Crippen LogP contribution in [0.15, 0.2) is 35.4 Å². The van der Waals surface area contributed by atoms with Crippen molar-refractivity contribution >= 4 is 22.9 Å². The second kappa shape index (κ2) is 4.89. The van der Waals surface area contributed by atoms with Crippen LogP contribution in [0, 0.1) is 5.88 Å². The van der Waals surface area contributed by atoms with Crippen LogP contribution in [0.2, 0.25) is 0 Å². The van der Waals surface area contributed by atoms with Crippen LogP contribution < -0.4 is 5.43 Å². The second-order valence-corrected chi connectivity index (χ2v) is 3.78. The summed E-state index contributed by atoms with van der Waals surface area (Å²) in [6, 6.07) is 9.74. The number of nitrogens with one attached hydrogen (secondary N) is 1. The fraction of sp³-hybridized carbons (Fsp3) is 0.100. The van der Waals surface area contributed by atoms with Gasteiger partial charge in [-0.3, -0.25) is 0 Å². The van der Waals surface area contributed by atoms with Crippen LogP contribution in [-0.2, 0) is 4.74 Å². The standard InChI is InChI=1S/C10H10N3O2S/c1-15-10(14)12-13-7-16-9(11-13)8-5-3-2-4-6-8/h2-7H,1H3,(H,12,14). The summed E-state index contributed by atoms with van der Waals surface area (Å²) in [7, 11) is 1.31. The van der Waals surface area contributed by atoms with Crippen molar-refractivity contribution in [3.8, 4) is 0 Å². The normalized spacial score (nSPS) is 14.6. The first-order chi connectivity index (χ1) is 7.79. The third-order valence-corrected chi connectivity index (χ3v) is 2.72. The number of hydrazine groups is 1. The highest BCUT2D eigenvalue weighted by molar-refractivity contribution is 8.16. The Labute approximate surface area is 97.4 Å². The molecule has 2 rings (SSSR count). The van der Waals surface area contributed by atoms with E-state index in [1.54, 1.807) is 5.88 Å². The minimum atomic E-state index is -0.546. The molecule has 1 aromatic rings. The molecule has 6 heteroatoms. The van der Waals surface area contributed by atoms with Gasteiger partial charge in [0.1, 0.15) is 5.04 Å². The van der Waals surface area contributed by atoms with Gasteiger partial charge in [0.15, 0.2) is 5.88 Å². The lowest BCUT2D eigenvalue weighted by Crippen LogP contribution is -2.34. The molecule has 1 N–H and O–H groups in total. The number of methoxy groups -OCH3 is 1. The molecule has 16 heavy (non-hydrogen) atoms. The van der Waals surface area contributed by atoms with Gasteiger partial charge in [-0.1, -0.05) is 42.1 Å². The Balaban J connectivity index is 2.04. The van der Waals surface area contributed by atoms with E-state index in [9.17, 15) is 4.79 Å². The molecule has 0 saturated carbocycles. The van der Waals surface area contributed by atoms with Gasteiger partial charge >= 0.3 is 6.09 Å². The predicted octanol–water partition coefficient (Wildman–Crippen LogP) is 1.79. The van der Waals surface area contributed by atoms with Crippen LogP contribution in [0.3, 0.4) is 0 Å². The van der Waals surface area contributed by atoms with Crippen LogP contribution in [0.5, 0.6) is 0 Å². The number of nitrogens with zero attached hydrogens (tertiary/aromatic N) is 2. The maximum Gasteiger partial charge on any atom is 0.427 e. The van der Waals surface area contributed by atoms with Crippen LogP contribution >= 0.6 is 11.8 Å². The van der Waals surface area contributed by atoms with E-state index in [0.717, 1.165) is 10.6 Å². The third-order valence-electron chi connectivity index (χ3n) is 1.87. The molecule has 1 aliphatic rings. The monoisotopic (exact) mass is 236 g/mol. The summed E-state index contributed by atoms with van der Waals surface area (Å²) in [5, 5.41) is 6.35. The summed E-state index contributed by atoms with van der Waals surface area (Å²) in [5.41, 5.74) is 3.45. The molecule has 1 aliphatic heterocycles. The Morgan fingerprint density at radius 2 is 2.19 bits per heavy atom. The van der Waals surface area contributed by atoms with Crippen LogP contribution in [0.4, 0.5) is 4.79 Å². The number of hydrazone groups is 1. The Kier molecular flexibility index (Phi) is 3.31. The Morgan fingerprint density at radius 1 is 1.44 bits per heavy atom. The highest BCUT2D eigenvalue weighted by atomic mass is 32.2. The average molecular weight is 236 g/mol. The molecule has 0 aliphatic carbocycles. The molecule has 0 spiro atoms. The number of carbonyl (C=O) groups excluding carboxylic acids is 1. The van der Waals surface area contributed by atoms with Gasteiger partial charge in [-0.15, -0.1) is 5.10 Å². The van der Waals surface area contributed by atoms with Crippen molar-refractivity contribution < 1.29 is 9.53 Å². The fourth-order valence-electron chi connectivity index (χ4n) is 1.14. The van der Waals surface area contributed by atoms with Crippen molar-refractivity contribution in [2.45, 2.75) is 0 Å². The summed E-state index contributed by atoms with van der Waals surface area (Å²) < 4.78 is 4.46. The summed E-state index contributed by atoms with van der Waals surface area (Å²) in [4.78, 5) is 10.9. The number of hydrogen-bond donors (Lipinski definition) is 1. The molecule has 1 heterocycles. The molecule has 1 amide bonds. The van der Waals surface area contributed by atoms with Gasteiger partial charge in [0.05, 0.1) is 7.11 Å². The van der Waals surface area contributed by atoms with Crippen LogP contribution in [0.25, 0.3) is 0 Å². The van der Waals surface area contributed by atoms with Crippen molar-refractivity contribution in [3.05, 3.63) is 41.8 Å². The van der Waals surface area contributed by atoms with Crippen LogP contribution in [-0.4, -0.2) is 23.4 Å². The number of benzene rings is 1. The zero-order valence-corrected chi connectivity index (χ0v) is 9.40. The second-order valence-electron chi connectivity index (χ2n) is 2.94. The number of thioether (sulfide) groups is 1. The number of hydrogen-bond acceptors (Lipinski definition) is 5. The summed E-state index contributed by atoms with van der Waals surface area (Å²) >= 11 is 1.44. The van der Waals surface area contributed by atoms with E-state index in [0.29, 0.717) is 0 Å². The molecule has 1 aromatic carbocycles. The van der Waals surface area contributed by atoms with E-state index < -0.39 is 6.09 Å². The smallest absolute Gasteiger partial charge is 0.427 e. The average Bonchev–Trinajstić information content (AvgIpc) is 2.78. The lowest BCUT2D eigenvalue weighted by Gasteiger charge is -2.11. The first-order valence-electron chi connectivity index (χ1n) is 4.57. The van der Waals surface area contributed by atoms with Gasteiger partial charge in [0, 0.05) is 5.56 Å². The number of rotatable bonds is 2. The minimum Gasteiger partial charge on any atom is -0.452 e. The topological polar surface area (TPSA) is 53.9 Å². The molecule has 5 nitrogen and oxygen atoms in total. The molecular weight excluding hydrogens is 226 g/mol. The van der Waals surface area contributed by atoms with Gasteiger partial charge in [0.2, 0.25) is 0 Å². The van der Waals surface area contributed by atoms with E-state index in [2.05, 4.69) is 15.3 Å². The zero-order chi connectivity index (χ0) is 11.4. The molecule has 0 aromatic heterocycles. The highest BCUT2D eigenvalue weighted by Crippen LogP contribution is 2.24. The first-order valence-corrected chi connectivity index (χ1v) is 5.45. The lowest BCUT2D eigenvalue weighted by atomic mass is 10.2. The van der Waals surface area contributed by atoms with Gasteiger partial charge in [-0.2, -0.15) is 5.12 Å².